The van der Waals surface area contributed by atoms with Crippen molar-refractivity contribution in [1.29, 1.82) is 0 Å². The first-order valence-corrected chi connectivity index (χ1v) is 5.63. The minimum Gasteiger partial charge on any atom is -0.366 e. The van der Waals surface area contributed by atoms with Crippen LogP contribution >= 0.6 is 0 Å². The molecule has 0 amide bonds. The molecule has 0 bridgehead atoms. The highest BCUT2D eigenvalue weighted by atomic mass is 19.4. The molecule has 0 atom stereocenters. The molecule has 0 aliphatic carbocycles. The van der Waals surface area contributed by atoms with E-state index in [-0.39, 0.29) is 5.82 Å². The summed E-state index contributed by atoms with van der Waals surface area (Å²) in [6.45, 7) is 2.30. The first-order chi connectivity index (χ1) is 8.97. The van der Waals surface area contributed by atoms with Gasteiger partial charge in [-0.15, -0.1) is 0 Å². The van der Waals surface area contributed by atoms with E-state index in [9.17, 15) is 13.2 Å². The van der Waals surface area contributed by atoms with Gasteiger partial charge in [0.2, 0.25) is 0 Å². The van der Waals surface area contributed by atoms with Crippen molar-refractivity contribution in [2.75, 3.05) is 5.32 Å². The van der Waals surface area contributed by atoms with Crippen LogP contribution < -0.4 is 5.32 Å². The van der Waals surface area contributed by atoms with Crippen LogP contribution in [-0.4, -0.2) is 9.97 Å². The molecule has 0 aromatic carbocycles. The second kappa shape index (κ2) is 5.26. The van der Waals surface area contributed by atoms with Crippen LogP contribution in [0.5, 0.6) is 0 Å². The lowest BCUT2D eigenvalue weighted by atomic mass is 10.1. The normalized spacial score (nSPS) is 11.4. The summed E-state index contributed by atoms with van der Waals surface area (Å²) in [6.07, 6.45) is 0.127. The molecule has 0 radical (unpaired) electrons. The zero-order chi connectivity index (χ0) is 13.9. The fraction of sp³-hybridized carbons (Fsp3) is 0.231. The van der Waals surface area contributed by atoms with Crippen LogP contribution in [0.25, 0.3) is 0 Å². The summed E-state index contributed by atoms with van der Waals surface area (Å²) in [5.74, 6) is 0.193. The average Bonchev–Trinajstić information content (AvgIpc) is 2.37. The third-order valence-electron chi connectivity index (χ3n) is 2.69. The molecule has 2 rings (SSSR count). The van der Waals surface area contributed by atoms with Gasteiger partial charge in [-0.25, -0.2) is 4.98 Å². The Morgan fingerprint density at radius 2 is 2.00 bits per heavy atom. The van der Waals surface area contributed by atoms with Crippen LogP contribution in [0, 0.1) is 6.92 Å². The SMILES string of the molecule is Cc1ccncc1CNc1cc(C(F)(F)F)ccn1. The van der Waals surface area contributed by atoms with Crippen LogP contribution in [0.15, 0.2) is 36.8 Å². The molecule has 1 N–H and O–H groups in total. The average molecular weight is 267 g/mol. The fourth-order valence-electron chi connectivity index (χ4n) is 1.57. The Morgan fingerprint density at radius 3 is 2.68 bits per heavy atom. The van der Waals surface area contributed by atoms with Crippen LogP contribution in [0.1, 0.15) is 16.7 Å². The lowest BCUT2D eigenvalue weighted by molar-refractivity contribution is -0.137. The number of halogens is 3. The molecule has 19 heavy (non-hydrogen) atoms. The largest absolute Gasteiger partial charge is 0.416 e. The second-order valence-electron chi connectivity index (χ2n) is 4.08. The van der Waals surface area contributed by atoms with Crippen molar-refractivity contribution >= 4 is 5.82 Å². The van der Waals surface area contributed by atoms with Gasteiger partial charge >= 0.3 is 6.18 Å². The standard InChI is InChI=1S/C13H12F3N3/c1-9-2-4-17-7-10(9)8-19-12-6-11(3-5-18-12)13(14,15)16/h2-7H,8H2,1H3,(H,18,19). The molecule has 0 aliphatic heterocycles. The summed E-state index contributed by atoms with van der Waals surface area (Å²) in [5.41, 5.74) is 1.23. The van der Waals surface area contributed by atoms with Gasteiger partial charge in [0.1, 0.15) is 5.82 Å². The number of nitrogens with zero attached hydrogens (tertiary/aromatic N) is 2. The van der Waals surface area contributed by atoms with Gasteiger partial charge < -0.3 is 5.32 Å². The van der Waals surface area contributed by atoms with Crippen molar-refractivity contribution in [2.24, 2.45) is 0 Å². The highest BCUT2D eigenvalue weighted by molar-refractivity contribution is 5.39. The molecule has 3 nitrogen and oxygen atoms in total. The Balaban J connectivity index is 2.10. The molecular weight excluding hydrogens is 255 g/mol. The number of pyridine rings is 2. The van der Waals surface area contributed by atoms with Gasteiger partial charge in [-0.3, -0.25) is 4.98 Å². The maximum atomic E-state index is 12.5. The van der Waals surface area contributed by atoms with Crippen molar-refractivity contribution in [3.05, 3.63) is 53.5 Å². The van der Waals surface area contributed by atoms with Crippen LogP contribution in [0.4, 0.5) is 19.0 Å². The van der Waals surface area contributed by atoms with E-state index in [1.165, 1.54) is 0 Å². The molecule has 6 heteroatoms. The third-order valence-corrected chi connectivity index (χ3v) is 2.69. The summed E-state index contributed by atoms with van der Waals surface area (Å²) < 4.78 is 37.6. The first-order valence-electron chi connectivity index (χ1n) is 5.63. The molecule has 2 aromatic heterocycles. The number of alkyl halides is 3. The van der Waals surface area contributed by atoms with Crippen LogP contribution in [0.3, 0.4) is 0 Å². The number of rotatable bonds is 3. The Hall–Kier alpha value is -2.11. The molecule has 0 saturated heterocycles. The number of hydrogen-bond acceptors (Lipinski definition) is 3. The van der Waals surface area contributed by atoms with Crippen molar-refractivity contribution in [2.45, 2.75) is 19.6 Å². The Morgan fingerprint density at radius 1 is 1.21 bits per heavy atom. The van der Waals surface area contributed by atoms with Gasteiger partial charge in [0.05, 0.1) is 5.56 Å². The molecule has 2 heterocycles. The van der Waals surface area contributed by atoms with Gasteiger partial charge in [0, 0.05) is 25.1 Å². The molecule has 100 valence electrons. The van der Waals surface area contributed by atoms with E-state index in [1.807, 2.05) is 13.0 Å². The maximum absolute atomic E-state index is 12.5. The first kappa shape index (κ1) is 13.3. The quantitative estimate of drug-likeness (QED) is 0.926. The van der Waals surface area contributed by atoms with E-state index in [1.54, 1.807) is 12.4 Å². The Labute approximate surface area is 108 Å². The zero-order valence-corrected chi connectivity index (χ0v) is 10.2. The number of aryl methyl sites for hydroxylation is 1. The monoisotopic (exact) mass is 267 g/mol. The van der Waals surface area contributed by atoms with Crippen molar-refractivity contribution in [1.82, 2.24) is 9.97 Å². The summed E-state index contributed by atoms with van der Waals surface area (Å²) >= 11 is 0. The van der Waals surface area contributed by atoms with Crippen LogP contribution in [-0.2, 0) is 12.7 Å². The molecule has 0 aliphatic rings. The van der Waals surface area contributed by atoms with Gasteiger partial charge in [-0.1, -0.05) is 0 Å². The third kappa shape index (κ3) is 3.43. The summed E-state index contributed by atoms with van der Waals surface area (Å²) in [7, 11) is 0. The molecule has 0 fully saturated rings. The van der Waals surface area contributed by atoms with E-state index in [0.29, 0.717) is 6.54 Å². The van der Waals surface area contributed by atoms with Crippen molar-refractivity contribution < 1.29 is 13.2 Å². The number of nitrogens with one attached hydrogen (secondary N) is 1. The summed E-state index contributed by atoms with van der Waals surface area (Å²) in [6, 6.07) is 3.78. The van der Waals surface area contributed by atoms with E-state index in [2.05, 4.69) is 15.3 Å². The predicted octanol–water partition coefficient (Wildman–Crippen LogP) is 3.42. The molecular formula is C13H12F3N3. The van der Waals surface area contributed by atoms with E-state index in [4.69, 9.17) is 0 Å². The minimum absolute atomic E-state index is 0.193. The number of anilines is 1. The van der Waals surface area contributed by atoms with Gasteiger partial charge in [-0.2, -0.15) is 13.2 Å². The van der Waals surface area contributed by atoms with E-state index < -0.39 is 11.7 Å². The van der Waals surface area contributed by atoms with Gasteiger partial charge in [0.15, 0.2) is 0 Å². The highest BCUT2D eigenvalue weighted by Crippen LogP contribution is 2.29. The van der Waals surface area contributed by atoms with E-state index >= 15 is 0 Å². The maximum Gasteiger partial charge on any atom is 0.416 e. The highest BCUT2D eigenvalue weighted by Gasteiger charge is 2.30. The Bertz CT molecular complexity index is 567. The predicted molar refractivity (Wildman–Crippen MR) is 65.5 cm³/mol. The lowest BCUT2D eigenvalue weighted by Gasteiger charge is -2.10. The number of aromatic nitrogens is 2. The molecule has 2 aromatic rings. The Kier molecular flexibility index (Phi) is 3.69. The van der Waals surface area contributed by atoms with Crippen molar-refractivity contribution in [3.63, 3.8) is 0 Å². The minimum atomic E-state index is -4.36. The smallest absolute Gasteiger partial charge is 0.366 e. The van der Waals surface area contributed by atoms with Crippen LogP contribution in [0.2, 0.25) is 0 Å². The topological polar surface area (TPSA) is 37.8 Å². The fourth-order valence-corrected chi connectivity index (χ4v) is 1.57. The number of hydrogen-bond donors (Lipinski definition) is 1. The summed E-state index contributed by atoms with van der Waals surface area (Å²) in [5, 5.41) is 2.86. The lowest BCUT2D eigenvalue weighted by Crippen LogP contribution is -2.08. The molecule has 0 saturated carbocycles. The van der Waals surface area contributed by atoms with Gasteiger partial charge in [0.25, 0.3) is 0 Å². The zero-order valence-electron chi connectivity index (χ0n) is 10.2. The second-order valence-corrected chi connectivity index (χ2v) is 4.08. The molecule has 0 unspecified atom stereocenters. The van der Waals surface area contributed by atoms with E-state index in [0.717, 1.165) is 29.5 Å². The van der Waals surface area contributed by atoms with Gasteiger partial charge in [-0.05, 0) is 36.2 Å². The molecule has 0 spiro atoms. The summed E-state index contributed by atoms with van der Waals surface area (Å²) in [4.78, 5) is 7.84. The van der Waals surface area contributed by atoms with Crippen molar-refractivity contribution in [3.8, 4) is 0 Å².